The molecule has 1 heterocycles. The van der Waals surface area contributed by atoms with Crippen molar-refractivity contribution in [2.75, 3.05) is 13.2 Å². The number of aryl methyl sites for hydroxylation is 1. The van der Waals surface area contributed by atoms with E-state index < -0.39 is 0 Å². The van der Waals surface area contributed by atoms with E-state index in [0.717, 1.165) is 5.75 Å². The van der Waals surface area contributed by atoms with Gasteiger partial charge in [-0.15, -0.1) is 0 Å². The fraction of sp³-hybridized carbons (Fsp3) is 0.250. The second kappa shape index (κ2) is 6.74. The summed E-state index contributed by atoms with van der Waals surface area (Å²) in [6.45, 7) is 4.24. The van der Waals surface area contributed by atoms with Gasteiger partial charge in [0.05, 0.1) is 6.54 Å². The van der Waals surface area contributed by atoms with Crippen molar-refractivity contribution in [3.05, 3.63) is 53.3 Å². The van der Waals surface area contributed by atoms with Gasteiger partial charge in [0.15, 0.2) is 5.78 Å². The maximum atomic E-state index is 11.8. The molecule has 2 rings (SSSR count). The van der Waals surface area contributed by atoms with Crippen LogP contribution in [-0.4, -0.2) is 29.8 Å². The summed E-state index contributed by atoms with van der Waals surface area (Å²) in [6.07, 6.45) is 1.53. The van der Waals surface area contributed by atoms with Gasteiger partial charge in [-0.2, -0.15) is 0 Å². The van der Waals surface area contributed by atoms with Gasteiger partial charge in [-0.25, -0.2) is 0 Å². The largest absolute Gasteiger partial charge is 0.492 e. The van der Waals surface area contributed by atoms with E-state index in [1.807, 2.05) is 31.2 Å². The molecule has 110 valence electrons. The van der Waals surface area contributed by atoms with Crippen LogP contribution in [-0.2, 0) is 0 Å². The van der Waals surface area contributed by atoms with Gasteiger partial charge < -0.3 is 15.0 Å². The molecule has 0 saturated carbocycles. The summed E-state index contributed by atoms with van der Waals surface area (Å²) in [5.74, 6) is 0.441. The van der Waals surface area contributed by atoms with Crippen LogP contribution in [0.25, 0.3) is 0 Å². The average Bonchev–Trinajstić information content (AvgIpc) is 2.95. The molecule has 0 aliphatic heterocycles. The van der Waals surface area contributed by atoms with Crippen LogP contribution in [0.3, 0.4) is 0 Å². The minimum Gasteiger partial charge on any atom is -0.492 e. The summed E-state index contributed by atoms with van der Waals surface area (Å²) >= 11 is 0. The van der Waals surface area contributed by atoms with Crippen molar-refractivity contribution < 1.29 is 14.3 Å². The van der Waals surface area contributed by atoms with Gasteiger partial charge in [-0.1, -0.05) is 17.7 Å². The van der Waals surface area contributed by atoms with Gasteiger partial charge in [0.25, 0.3) is 5.91 Å². The lowest BCUT2D eigenvalue weighted by Crippen LogP contribution is -2.28. The van der Waals surface area contributed by atoms with E-state index in [-0.39, 0.29) is 11.7 Å². The van der Waals surface area contributed by atoms with E-state index >= 15 is 0 Å². The zero-order chi connectivity index (χ0) is 15.2. The number of ketones is 1. The fourth-order valence-electron chi connectivity index (χ4n) is 1.79. The average molecular weight is 286 g/mol. The van der Waals surface area contributed by atoms with E-state index in [9.17, 15) is 9.59 Å². The molecule has 2 N–H and O–H groups in total. The van der Waals surface area contributed by atoms with Gasteiger partial charge in [-0.3, -0.25) is 9.59 Å². The Morgan fingerprint density at radius 1 is 1.24 bits per heavy atom. The van der Waals surface area contributed by atoms with Gasteiger partial charge in [0.1, 0.15) is 18.1 Å². The van der Waals surface area contributed by atoms with Crippen molar-refractivity contribution in [3.8, 4) is 5.75 Å². The quantitative estimate of drug-likeness (QED) is 0.632. The number of H-pyrrole nitrogens is 1. The molecule has 1 aromatic heterocycles. The molecule has 0 aliphatic carbocycles. The van der Waals surface area contributed by atoms with E-state index in [0.29, 0.717) is 24.4 Å². The molecule has 0 saturated heterocycles. The Morgan fingerprint density at radius 2 is 1.95 bits per heavy atom. The van der Waals surface area contributed by atoms with Crippen molar-refractivity contribution >= 4 is 11.7 Å². The van der Waals surface area contributed by atoms with Gasteiger partial charge in [0, 0.05) is 11.8 Å². The van der Waals surface area contributed by atoms with E-state index in [2.05, 4.69) is 10.3 Å². The third-order valence-corrected chi connectivity index (χ3v) is 3.01. The maximum absolute atomic E-state index is 11.8. The lowest BCUT2D eigenvalue weighted by atomic mass is 10.2. The number of amides is 1. The zero-order valence-corrected chi connectivity index (χ0v) is 12.1. The minimum atomic E-state index is -0.255. The number of aromatic amines is 1. The molecule has 1 amide bonds. The first-order valence-electron chi connectivity index (χ1n) is 6.73. The number of aromatic nitrogens is 1. The molecule has 0 bridgehead atoms. The van der Waals surface area contributed by atoms with Crippen molar-refractivity contribution in [2.45, 2.75) is 13.8 Å². The first-order chi connectivity index (χ1) is 10.1. The Labute approximate surface area is 123 Å². The highest BCUT2D eigenvalue weighted by molar-refractivity contribution is 5.99. The number of ether oxygens (including phenoxy) is 1. The lowest BCUT2D eigenvalue weighted by molar-refractivity contribution is 0.0942. The number of hydrogen-bond acceptors (Lipinski definition) is 3. The molecule has 0 fully saturated rings. The van der Waals surface area contributed by atoms with Crippen LogP contribution in [0.5, 0.6) is 5.75 Å². The smallest absolute Gasteiger partial charge is 0.267 e. The fourth-order valence-corrected chi connectivity index (χ4v) is 1.79. The number of benzene rings is 1. The Balaban J connectivity index is 1.76. The van der Waals surface area contributed by atoms with Crippen molar-refractivity contribution in [1.82, 2.24) is 10.3 Å². The highest BCUT2D eigenvalue weighted by Crippen LogP contribution is 2.10. The van der Waals surface area contributed by atoms with E-state index in [1.165, 1.54) is 18.7 Å². The number of nitrogens with one attached hydrogen (secondary N) is 2. The van der Waals surface area contributed by atoms with Gasteiger partial charge in [-0.05, 0) is 32.0 Å². The summed E-state index contributed by atoms with van der Waals surface area (Å²) < 4.78 is 5.51. The van der Waals surface area contributed by atoms with Crippen LogP contribution < -0.4 is 10.1 Å². The molecule has 0 radical (unpaired) electrons. The van der Waals surface area contributed by atoms with Gasteiger partial charge in [0.2, 0.25) is 0 Å². The Hall–Kier alpha value is -2.56. The molecule has 2 aromatic rings. The topological polar surface area (TPSA) is 71.2 Å². The first-order valence-corrected chi connectivity index (χ1v) is 6.73. The van der Waals surface area contributed by atoms with Crippen molar-refractivity contribution in [1.29, 1.82) is 0 Å². The number of carbonyl (C=O) groups is 2. The summed E-state index contributed by atoms with van der Waals surface area (Å²) in [5, 5.41) is 2.73. The standard InChI is InChI=1S/C16H18N2O3/c1-11-3-5-14(6-4-11)21-8-7-17-16(20)15-9-13(10-18-15)12(2)19/h3-6,9-10,18H,7-8H2,1-2H3,(H,17,20). The highest BCUT2D eigenvalue weighted by atomic mass is 16.5. The second-order valence-corrected chi connectivity index (χ2v) is 4.78. The summed E-state index contributed by atoms with van der Waals surface area (Å²) in [5.41, 5.74) is 2.04. The molecule has 21 heavy (non-hydrogen) atoms. The maximum Gasteiger partial charge on any atom is 0.267 e. The predicted octanol–water partition coefficient (Wildman–Crippen LogP) is 2.33. The van der Waals surface area contributed by atoms with Crippen LogP contribution in [0, 0.1) is 6.92 Å². The van der Waals surface area contributed by atoms with Crippen LogP contribution >= 0.6 is 0 Å². The van der Waals surface area contributed by atoms with Gasteiger partial charge >= 0.3 is 0 Å². The summed E-state index contributed by atoms with van der Waals surface area (Å²) in [6, 6.07) is 9.26. The Bertz CT molecular complexity index is 629. The summed E-state index contributed by atoms with van der Waals surface area (Å²) in [4.78, 5) is 25.8. The molecule has 5 nitrogen and oxygen atoms in total. The number of carbonyl (C=O) groups excluding carboxylic acids is 2. The highest BCUT2D eigenvalue weighted by Gasteiger charge is 2.09. The van der Waals surface area contributed by atoms with Crippen molar-refractivity contribution in [2.24, 2.45) is 0 Å². The first kappa shape index (κ1) is 14.8. The second-order valence-electron chi connectivity index (χ2n) is 4.78. The third kappa shape index (κ3) is 4.21. The van der Waals surface area contributed by atoms with Crippen LogP contribution in [0.15, 0.2) is 36.5 Å². The zero-order valence-electron chi connectivity index (χ0n) is 12.1. The third-order valence-electron chi connectivity index (χ3n) is 3.01. The Kier molecular flexibility index (Phi) is 4.77. The molecule has 0 spiro atoms. The lowest BCUT2D eigenvalue weighted by Gasteiger charge is -2.07. The number of rotatable bonds is 6. The molecular formula is C16H18N2O3. The molecular weight excluding hydrogens is 268 g/mol. The SMILES string of the molecule is CC(=O)c1c[nH]c(C(=O)NCCOc2ccc(C)cc2)c1. The Morgan fingerprint density at radius 3 is 2.57 bits per heavy atom. The molecule has 0 atom stereocenters. The molecule has 0 aliphatic rings. The monoisotopic (exact) mass is 286 g/mol. The van der Waals surface area contributed by atoms with Crippen LogP contribution in [0.1, 0.15) is 33.3 Å². The predicted molar refractivity (Wildman–Crippen MR) is 79.8 cm³/mol. The molecule has 5 heteroatoms. The normalized spacial score (nSPS) is 10.2. The minimum absolute atomic E-state index is 0.0759. The number of hydrogen-bond donors (Lipinski definition) is 2. The molecule has 1 aromatic carbocycles. The van der Waals surface area contributed by atoms with E-state index in [4.69, 9.17) is 4.74 Å². The molecule has 0 unspecified atom stereocenters. The van der Waals surface area contributed by atoms with Crippen molar-refractivity contribution in [3.63, 3.8) is 0 Å². The van der Waals surface area contributed by atoms with Crippen LogP contribution in [0.2, 0.25) is 0 Å². The summed E-state index contributed by atoms with van der Waals surface area (Å²) in [7, 11) is 0. The number of Topliss-reactive ketones (excluding diaryl/α,β-unsaturated/α-hetero) is 1. The van der Waals surface area contributed by atoms with Crippen LogP contribution in [0.4, 0.5) is 0 Å². The van der Waals surface area contributed by atoms with E-state index in [1.54, 1.807) is 6.07 Å².